The van der Waals surface area contributed by atoms with Crippen LogP contribution in [0, 0.1) is 5.92 Å². The zero-order chi connectivity index (χ0) is 10.3. The van der Waals surface area contributed by atoms with Gasteiger partial charge in [-0.2, -0.15) is 0 Å². The molecule has 0 aromatic carbocycles. The molecule has 0 aliphatic heterocycles. The van der Waals surface area contributed by atoms with E-state index >= 15 is 0 Å². The van der Waals surface area contributed by atoms with E-state index in [4.69, 9.17) is 0 Å². The Morgan fingerprint density at radius 2 is 1.77 bits per heavy atom. The van der Waals surface area contributed by atoms with Crippen molar-refractivity contribution in [2.75, 3.05) is 13.1 Å². The van der Waals surface area contributed by atoms with E-state index in [-0.39, 0.29) is 0 Å². The molecule has 0 radical (unpaired) electrons. The molecule has 0 amide bonds. The molecule has 0 aliphatic carbocycles. The molecule has 13 heavy (non-hydrogen) atoms. The normalized spacial score (nSPS) is 16.2. The summed E-state index contributed by atoms with van der Waals surface area (Å²) in [5.41, 5.74) is 0. The monoisotopic (exact) mass is 189 g/mol. The van der Waals surface area contributed by atoms with Gasteiger partial charge in [-0.15, -0.1) is 0 Å². The molecule has 0 rings (SSSR count). The number of aliphatic hydroxyl groups is 2. The third-order valence-electron chi connectivity index (χ3n) is 2.11. The summed E-state index contributed by atoms with van der Waals surface area (Å²) >= 11 is 0. The van der Waals surface area contributed by atoms with Gasteiger partial charge in [0.1, 0.15) is 0 Å². The topological polar surface area (TPSA) is 52.5 Å². The molecule has 0 heterocycles. The molecule has 0 bridgehead atoms. The lowest BCUT2D eigenvalue weighted by Crippen LogP contribution is -2.36. The maximum absolute atomic E-state index is 9.37. The van der Waals surface area contributed by atoms with E-state index in [1.807, 2.05) is 6.92 Å². The third-order valence-corrected chi connectivity index (χ3v) is 2.11. The minimum atomic E-state index is -0.628. The molecule has 0 saturated heterocycles. The SMILES string of the molecule is CCC(O)C(O)CNCCC(C)C. The minimum absolute atomic E-state index is 0.488. The third kappa shape index (κ3) is 6.99. The van der Waals surface area contributed by atoms with E-state index < -0.39 is 12.2 Å². The van der Waals surface area contributed by atoms with Crippen LogP contribution in [0.5, 0.6) is 0 Å². The summed E-state index contributed by atoms with van der Waals surface area (Å²) in [6, 6.07) is 0. The van der Waals surface area contributed by atoms with Crippen LogP contribution in [0.15, 0.2) is 0 Å². The Bertz CT molecular complexity index is 117. The highest BCUT2D eigenvalue weighted by atomic mass is 16.3. The highest BCUT2D eigenvalue weighted by Crippen LogP contribution is 1.98. The first-order valence-corrected chi connectivity index (χ1v) is 5.14. The van der Waals surface area contributed by atoms with Crippen molar-refractivity contribution in [3.05, 3.63) is 0 Å². The molecule has 3 N–H and O–H groups in total. The van der Waals surface area contributed by atoms with E-state index in [0.29, 0.717) is 18.9 Å². The molecule has 3 nitrogen and oxygen atoms in total. The first-order chi connectivity index (χ1) is 6.07. The van der Waals surface area contributed by atoms with Crippen LogP contribution < -0.4 is 5.32 Å². The average molecular weight is 189 g/mol. The quantitative estimate of drug-likeness (QED) is 0.518. The fraction of sp³-hybridized carbons (Fsp3) is 1.00. The number of hydrogen-bond acceptors (Lipinski definition) is 3. The summed E-state index contributed by atoms with van der Waals surface area (Å²) in [6.07, 6.45) is 0.492. The summed E-state index contributed by atoms with van der Waals surface area (Å²) in [5, 5.41) is 21.7. The molecule has 2 unspecified atom stereocenters. The second kappa shape index (κ2) is 7.30. The Hall–Kier alpha value is -0.120. The van der Waals surface area contributed by atoms with Gasteiger partial charge in [-0.25, -0.2) is 0 Å². The standard InChI is InChI=1S/C10H23NO2/c1-4-9(12)10(13)7-11-6-5-8(2)3/h8-13H,4-7H2,1-3H3. The number of aliphatic hydroxyl groups excluding tert-OH is 2. The highest BCUT2D eigenvalue weighted by molar-refractivity contribution is 4.67. The smallest absolute Gasteiger partial charge is 0.0922 e. The van der Waals surface area contributed by atoms with Crippen LogP contribution in [0.4, 0.5) is 0 Å². The van der Waals surface area contributed by atoms with Crippen LogP contribution in [0.3, 0.4) is 0 Å². The molecule has 0 spiro atoms. The van der Waals surface area contributed by atoms with Crippen molar-refractivity contribution in [3.8, 4) is 0 Å². The summed E-state index contributed by atoms with van der Waals surface area (Å²) in [5.74, 6) is 0.681. The minimum Gasteiger partial charge on any atom is -0.390 e. The molecule has 2 atom stereocenters. The maximum atomic E-state index is 9.37. The Morgan fingerprint density at radius 3 is 2.23 bits per heavy atom. The van der Waals surface area contributed by atoms with E-state index in [2.05, 4.69) is 19.2 Å². The fourth-order valence-corrected chi connectivity index (χ4v) is 1.05. The second-order valence-electron chi connectivity index (χ2n) is 3.93. The molecule has 0 fully saturated rings. The molecule has 0 aromatic rings. The molecule has 0 aromatic heterocycles. The summed E-state index contributed by atoms with van der Waals surface area (Å²) < 4.78 is 0. The highest BCUT2D eigenvalue weighted by Gasteiger charge is 2.12. The lowest BCUT2D eigenvalue weighted by atomic mass is 10.1. The number of rotatable bonds is 7. The van der Waals surface area contributed by atoms with Gasteiger partial charge in [-0.1, -0.05) is 20.8 Å². The second-order valence-corrected chi connectivity index (χ2v) is 3.93. The van der Waals surface area contributed by atoms with Crippen LogP contribution in [0.1, 0.15) is 33.6 Å². The van der Waals surface area contributed by atoms with Gasteiger partial charge in [0.2, 0.25) is 0 Å². The van der Waals surface area contributed by atoms with E-state index in [1.165, 1.54) is 0 Å². The predicted molar refractivity (Wildman–Crippen MR) is 54.6 cm³/mol. The maximum Gasteiger partial charge on any atom is 0.0922 e. The lowest BCUT2D eigenvalue weighted by Gasteiger charge is -2.16. The van der Waals surface area contributed by atoms with Crippen molar-refractivity contribution in [2.45, 2.75) is 45.8 Å². The molecular formula is C10H23NO2. The first-order valence-electron chi connectivity index (χ1n) is 5.14. The largest absolute Gasteiger partial charge is 0.390 e. The Labute approximate surface area is 81.2 Å². The van der Waals surface area contributed by atoms with E-state index in [9.17, 15) is 10.2 Å². The van der Waals surface area contributed by atoms with Crippen LogP contribution >= 0.6 is 0 Å². The Kier molecular flexibility index (Phi) is 7.23. The fourth-order valence-electron chi connectivity index (χ4n) is 1.05. The van der Waals surface area contributed by atoms with Gasteiger partial charge in [0.25, 0.3) is 0 Å². The molecule has 0 aliphatic rings. The van der Waals surface area contributed by atoms with Gasteiger partial charge in [0, 0.05) is 6.54 Å². The van der Waals surface area contributed by atoms with Crippen LogP contribution in [-0.2, 0) is 0 Å². The van der Waals surface area contributed by atoms with Crippen molar-refractivity contribution < 1.29 is 10.2 Å². The first kappa shape index (κ1) is 12.9. The number of nitrogens with one attached hydrogen (secondary N) is 1. The zero-order valence-electron chi connectivity index (χ0n) is 8.95. The number of hydrogen-bond donors (Lipinski definition) is 3. The average Bonchev–Trinajstić information content (AvgIpc) is 2.10. The van der Waals surface area contributed by atoms with Gasteiger partial charge >= 0.3 is 0 Å². The van der Waals surface area contributed by atoms with Gasteiger partial charge in [-0.05, 0) is 25.3 Å². The van der Waals surface area contributed by atoms with Crippen molar-refractivity contribution >= 4 is 0 Å². The van der Waals surface area contributed by atoms with Crippen molar-refractivity contribution in [1.29, 1.82) is 0 Å². The van der Waals surface area contributed by atoms with Crippen LogP contribution in [-0.4, -0.2) is 35.5 Å². The summed E-state index contributed by atoms with van der Waals surface area (Å²) in [7, 11) is 0. The van der Waals surface area contributed by atoms with Gasteiger partial charge < -0.3 is 15.5 Å². The van der Waals surface area contributed by atoms with Crippen LogP contribution in [0.2, 0.25) is 0 Å². The molecule has 0 saturated carbocycles. The van der Waals surface area contributed by atoms with Crippen molar-refractivity contribution in [1.82, 2.24) is 5.32 Å². The van der Waals surface area contributed by atoms with Crippen LogP contribution in [0.25, 0.3) is 0 Å². The van der Waals surface area contributed by atoms with Gasteiger partial charge in [-0.3, -0.25) is 0 Å². The van der Waals surface area contributed by atoms with Gasteiger partial charge in [0.15, 0.2) is 0 Å². The molecule has 3 heteroatoms. The lowest BCUT2D eigenvalue weighted by molar-refractivity contribution is 0.0183. The Morgan fingerprint density at radius 1 is 1.15 bits per heavy atom. The molecule has 80 valence electrons. The summed E-state index contributed by atoms with van der Waals surface area (Å²) in [6.45, 7) is 7.59. The molecular weight excluding hydrogens is 166 g/mol. The summed E-state index contributed by atoms with van der Waals surface area (Å²) in [4.78, 5) is 0. The van der Waals surface area contributed by atoms with E-state index in [1.54, 1.807) is 0 Å². The van der Waals surface area contributed by atoms with Gasteiger partial charge in [0.05, 0.1) is 12.2 Å². The zero-order valence-corrected chi connectivity index (χ0v) is 8.95. The van der Waals surface area contributed by atoms with Crippen molar-refractivity contribution in [2.24, 2.45) is 5.92 Å². The van der Waals surface area contributed by atoms with Crippen molar-refractivity contribution in [3.63, 3.8) is 0 Å². The Balaban J connectivity index is 3.31. The predicted octanol–water partition coefficient (Wildman–Crippen LogP) is 0.754. The van der Waals surface area contributed by atoms with E-state index in [0.717, 1.165) is 13.0 Å².